The maximum absolute atomic E-state index is 12.3. The summed E-state index contributed by atoms with van der Waals surface area (Å²) in [5.41, 5.74) is 1.13. The lowest BCUT2D eigenvalue weighted by Gasteiger charge is -2.12. The Hall–Kier alpha value is -2.12. The first kappa shape index (κ1) is 20.2. The molecule has 0 atom stereocenters. The van der Waals surface area contributed by atoms with Gasteiger partial charge >= 0.3 is 0 Å². The monoisotopic (exact) mass is 436 g/mol. The smallest absolute Gasteiger partial charge is 0.257 e. The number of phenols is 1. The normalized spacial score (nSPS) is 10.5. The van der Waals surface area contributed by atoms with Gasteiger partial charge in [-0.1, -0.05) is 13.8 Å². The van der Waals surface area contributed by atoms with Crippen molar-refractivity contribution in [3.05, 3.63) is 52.5 Å². The highest BCUT2D eigenvalue weighted by Gasteiger charge is 2.11. The molecular weight excluding hydrogens is 416 g/mol. The molecule has 26 heavy (non-hydrogen) atoms. The van der Waals surface area contributed by atoms with Crippen LogP contribution in [0.25, 0.3) is 0 Å². The average Bonchev–Trinajstić information content (AvgIpc) is 2.58. The van der Waals surface area contributed by atoms with E-state index in [1.807, 2.05) is 0 Å². The topological polar surface area (TPSA) is 70.6 Å². The molecule has 0 fully saturated rings. The number of phenolic OH excluding ortho intramolecular Hbond substituents is 1. The van der Waals surface area contributed by atoms with Crippen LogP contribution < -0.4 is 15.4 Å². The van der Waals surface area contributed by atoms with Gasteiger partial charge in [-0.15, -0.1) is 0 Å². The van der Waals surface area contributed by atoms with Crippen LogP contribution in [0.4, 0.5) is 5.69 Å². The second kappa shape index (κ2) is 9.54. The van der Waals surface area contributed by atoms with Crippen molar-refractivity contribution in [1.82, 2.24) is 5.32 Å². The Morgan fingerprint density at radius 1 is 1.23 bits per heavy atom. The molecule has 0 saturated heterocycles. The largest absolute Gasteiger partial charge is 0.508 e. The fourth-order valence-electron chi connectivity index (χ4n) is 2.05. The molecule has 0 aliphatic rings. The molecule has 0 heterocycles. The molecule has 0 aliphatic heterocycles. The van der Waals surface area contributed by atoms with Crippen molar-refractivity contribution in [2.45, 2.75) is 20.3 Å². The van der Waals surface area contributed by atoms with E-state index in [4.69, 9.17) is 17.0 Å². The van der Waals surface area contributed by atoms with Gasteiger partial charge in [0.25, 0.3) is 5.91 Å². The van der Waals surface area contributed by atoms with Crippen LogP contribution >= 0.6 is 28.1 Å². The molecule has 2 aromatic rings. The fourth-order valence-corrected chi connectivity index (χ4v) is 2.75. The molecule has 2 rings (SSSR count). The number of halogens is 1. The quantitative estimate of drug-likeness (QED) is 0.451. The van der Waals surface area contributed by atoms with Crippen molar-refractivity contribution in [3.8, 4) is 11.5 Å². The zero-order valence-electron chi connectivity index (χ0n) is 14.6. The lowest BCUT2D eigenvalue weighted by molar-refractivity contribution is 0.0977. The minimum Gasteiger partial charge on any atom is -0.508 e. The Bertz CT molecular complexity index is 779. The van der Waals surface area contributed by atoms with Crippen LogP contribution in [-0.2, 0) is 0 Å². The van der Waals surface area contributed by atoms with Crippen molar-refractivity contribution >= 4 is 44.9 Å². The van der Waals surface area contributed by atoms with Crippen LogP contribution in [0.5, 0.6) is 11.5 Å². The zero-order chi connectivity index (χ0) is 19.1. The molecule has 0 aliphatic carbocycles. The maximum Gasteiger partial charge on any atom is 0.257 e. The van der Waals surface area contributed by atoms with Crippen molar-refractivity contribution in [3.63, 3.8) is 0 Å². The van der Waals surface area contributed by atoms with Gasteiger partial charge in [0.1, 0.15) is 11.5 Å². The third-order valence-electron chi connectivity index (χ3n) is 3.50. The lowest BCUT2D eigenvalue weighted by atomic mass is 10.1. The van der Waals surface area contributed by atoms with Gasteiger partial charge < -0.3 is 15.2 Å². The number of carbonyl (C=O) groups is 1. The molecule has 0 saturated carbocycles. The van der Waals surface area contributed by atoms with E-state index in [9.17, 15) is 9.90 Å². The van der Waals surface area contributed by atoms with Crippen LogP contribution in [0.2, 0.25) is 0 Å². The van der Waals surface area contributed by atoms with E-state index in [-0.39, 0.29) is 16.8 Å². The molecule has 0 radical (unpaired) electrons. The predicted molar refractivity (Wildman–Crippen MR) is 111 cm³/mol. The number of anilines is 1. The molecule has 7 heteroatoms. The van der Waals surface area contributed by atoms with E-state index >= 15 is 0 Å². The molecule has 5 nitrogen and oxygen atoms in total. The number of aromatic hydroxyl groups is 1. The highest BCUT2D eigenvalue weighted by Crippen LogP contribution is 2.26. The first-order valence-electron chi connectivity index (χ1n) is 8.19. The summed E-state index contributed by atoms with van der Waals surface area (Å²) in [5, 5.41) is 15.0. The van der Waals surface area contributed by atoms with Gasteiger partial charge in [0, 0.05) is 11.3 Å². The molecular formula is C19H21BrN2O3S. The minimum atomic E-state index is -0.323. The summed E-state index contributed by atoms with van der Waals surface area (Å²) in [6, 6.07) is 11.5. The number of nitrogens with one attached hydrogen (secondary N) is 2. The number of rotatable bonds is 6. The second-order valence-electron chi connectivity index (χ2n) is 6.13. The number of amides is 1. The molecule has 0 aromatic heterocycles. The number of benzene rings is 2. The maximum atomic E-state index is 12.3. The van der Waals surface area contributed by atoms with Gasteiger partial charge in [0.15, 0.2) is 5.11 Å². The van der Waals surface area contributed by atoms with Gasteiger partial charge in [-0.05, 0) is 83.0 Å². The number of ether oxygens (including phenoxy) is 1. The minimum absolute atomic E-state index is 0.158. The van der Waals surface area contributed by atoms with Gasteiger partial charge in [-0.2, -0.15) is 0 Å². The van der Waals surface area contributed by atoms with Crippen LogP contribution in [0.1, 0.15) is 30.6 Å². The van der Waals surface area contributed by atoms with Gasteiger partial charge in [-0.25, -0.2) is 0 Å². The Kier molecular flexibility index (Phi) is 7.41. The van der Waals surface area contributed by atoms with Crippen LogP contribution in [0.15, 0.2) is 46.9 Å². The fraction of sp³-hybridized carbons (Fsp3) is 0.263. The van der Waals surface area contributed by atoms with E-state index in [0.717, 1.165) is 6.42 Å². The third-order valence-corrected chi connectivity index (χ3v) is 4.32. The van der Waals surface area contributed by atoms with E-state index in [2.05, 4.69) is 40.4 Å². The van der Waals surface area contributed by atoms with Gasteiger partial charge in [0.05, 0.1) is 11.1 Å². The summed E-state index contributed by atoms with van der Waals surface area (Å²) in [5.74, 6) is 1.11. The molecule has 1 amide bonds. The lowest BCUT2D eigenvalue weighted by Crippen LogP contribution is -2.34. The molecule has 0 spiro atoms. The van der Waals surface area contributed by atoms with E-state index in [1.54, 1.807) is 30.3 Å². The Labute approximate surface area is 166 Å². The number of hydrogen-bond donors (Lipinski definition) is 3. The highest BCUT2D eigenvalue weighted by atomic mass is 79.9. The Morgan fingerprint density at radius 2 is 1.92 bits per heavy atom. The molecule has 3 N–H and O–H groups in total. The van der Waals surface area contributed by atoms with Crippen molar-refractivity contribution < 1.29 is 14.6 Å². The molecule has 138 valence electrons. The van der Waals surface area contributed by atoms with E-state index in [0.29, 0.717) is 34.0 Å². The first-order chi connectivity index (χ1) is 12.3. The summed E-state index contributed by atoms with van der Waals surface area (Å²) >= 11 is 8.58. The zero-order valence-corrected chi connectivity index (χ0v) is 17.0. The van der Waals surface area contributed by atoms with Crippen LogP contribution in [0.3, 0.4) is 0 Å². The molecule has 2 aromatic carbocycles. The standard InChI is InChI=1S/C19H21BrN2O3S/c1-12(2)9-10-25-17-8-3-13(11-16(17)20)18(24)22-19(26)21-14-4-6-15(23)7-5-14/h3-8,11-12,23H,9-10H2,1-2H3,(H2,21,22,24,26). The summed E-state index contributed by atoms with van der Waals surface area (Å²) < 4.78 is 6.43. The van der Waals surface area contributed by atoms with E-state index < -0.39 is 0 Å². The number of thiocarbonyl (C=S) groups is 1. The van der Waals surface area contributed by atoms with Crippen molar-refractivity contribution in [1.29, 1.82) is 0 Å². The number of hydrogen-bond acceptors (Lipinski definition) is 4. The first-order valence-corrected chi connectivity index (χ1v) is 9.39. The van der Waals surface area contributed by atoms with Crippen LogP contribution in [0, 0.1) is 5.92 Å². The molecule has 0 bridgehead atoms. The SMILES string of the molecule is CC(C)CCOc1ccc(C(=O)NC(=S)Nc2ccc(O)cc2)cc1Br. The average molecular weight is 437 g/mol. The van der Waals surface area contributed by atoms with E-state index in [1.165, 1.54) is 12.1 Å². The Morgan fingerprint density at radius 3 is 2.54 bits per heavy atom. The van der Waals surface area contributed by atoms with Crippen LogP contribution in [-0.4, -0.2) is 22.7 Å². The van der Waals surface area contributed by atoms with Gasteiger partial charge in [0.2, 0.25) is 0 Å². The predicted octanol–water partition coefficient (Wildman–Crippen LogP) is 4.71. The van der Waals surface area contributed by atoms with Crippen molar-refractivity contribution in [2.24, 2.45) is 5.92 Å². The summed E-state index contributed by atoms with van der Waals surface area (Å²) in [4.78, 5) is 12.3. The molecule has 0 unspecified atom stereocenters. The Balaban J connectivity index is 1.93. The summed E-state index contributed by atoms with van der Waals surface area (Å²) in [6.07, 6.45) is 0.964. The summed E-state index contributed by atoms with van der Waals surface area (Å²) in [6.45, 7) is 4.91. The third kappa shape index (κ3) is 6.31. The second-order valence-corrected chi connectivity index (χ2v) is 7.39. The summed E-state index contributed by atoms with van der Waals surface area (Å²) in [7, 11) is 0. The number of carbonyl (C=O) groups excluding carboxylic acids is 1. The van der Waals surface area contributed by atoms with Crippen molar-refractivity contribution in [2.75, 3.05) is 11.9 Å². The highest BCUT2D eigenvalue weighted by molar-refractivity contribution is 9.10. The van der Waals surface area contributed by atoms with Gasteiger partial charge in [-0.3, -0.25) is 10.1 Å².